The molecule has 208 valence electrons. The van der Waals surface area contributed by atoms with E-state index in [-0.39, 0.29) is 41.6 Å². The average molecular weight is 554 g/mol. The van der Waals surface area contributed by atoms with Gasteiger partial charge in [0.25, 0.3) is 0 Å². The Morgan fingerprint density at radius 1 is 1.05 bits per heavy atom. The number of hydrogen-bond donors (Lipinski definition) is 2. The van der Waals surface area contributed by atoms with Crippen LogP contribution in [0.4, 0.5) is 14.9 Å². The molecule has 0 unspecified atom stereocenters. The molecule has 2 aromatic carbocycles. The first-order chi connectivity index (χ1) is 18.2. The van der Waals surface area contributed by atoms with Crippen LogP contribution in [0, 0.1) is 11.7 Å². The highest BCUT2D eigenvalue weighted by molar-refractivity contribution is 7.89. The van der Waals surface area contributed by atoms with Gasteiger partial charge in [-0.2, -0.15) is 4.31 Å². The summed E-state index contributed by atoms with van der Waals surface area (Å²) in [5.41, 5.74) is 0.577. The van der Waals surface area contributed by atoms with Crippen LogP contribution in [0.3, 0.4) is 0 Å². The molecule has 38 heavy (non-hydrogen) atoms. The molecule has 0 aromatic heterocycles. The van der Waals surface area contributed by atoms with Crippen molar-refractivity contribution in [1.82, 2.24) is 9.62 Å². The first kappa shape index (κ1) is 29.3. The van der Waals surface area contributed by atoms with Gasteiger partial charge < -0.3 is 29.6 Å². The zero-order valence-electron chi connectivity index (χ0n) is 21.4. The third kappa shape index (κ3) is 7.63. The number of methoxy groups -OCH3 is 3. The molecule has 2 N–H and O–H groups in total. The number of benzene rings is 2. The Hall–Kier alpha value is -3.26. The minimum absolute atomic E-state index is 0.107. The van der Waals surface area contributed by atoms with Gasteiger partial charge in [0.05, 0.1) is 12.0 Å². The number of rotatable bonds is 11. The highest BCUT2D eigenvalue weighted by atomic mass is 32.2. The van der Waals surface area contributed by atoms with Gasteiger partial charge in [0, 0.05) is 57.1 Å². The van der Waals surface area contributed by atoms with Crippen molar-refractivity contribution in [3.8, 4) is 5.75 Å². The number of esters is 1. The van der Waals surface area contributed by atoms with Crippen molar-refractivity contribution in [2.24, 2.45) is 5.92 Å². The number of anilines is 1. The number of amides is 2. The fraction of sp³-hybridized carbons (Fsp3) is 0.440. The van der Waals surface area contributed by atoms with E-state index in [0.717, 1.165) is 6.07 Å². The van der Waals surface area contributed by atoms with E-state index in [9.17, 15) is 22.4 Å². The van der Waals surface area contributed by atoms with Crippen molar-refractivity contribution in [2.75, 3.05) is 46.3 Å². The summed E-state index contributed by atoms with van der Waals surface area (Å²) < 4.78 is 62.0. The second-order valence-electron chi connectivity index (χ2n) is 8.53. The highest BCUT2D eigenvalue weighted by Crippen LogP contribution is 2.27. The molecule has 3 rings (SSSR count). The maximum absolute atomic E-state index is 14.3. The maximum atomic E-state index is 14.3. The lowest BCUT2D eigenvalue weighted by Crippen LogP contribution is -2.42. The predicted octanol–water partition coefficient (Wildman–Crippen LogP) is 2.72. The minimum atomic E-state index is -3.69. The molecular formula is C25H32FN3O8S. The van der Waals surface area contributed by atoms with E-state index in [0.29, 0.717) is 31.6 Å². The van der Waals surface area contributed by atoms with Gasteiger partial charge in [0.2, 0.25) is 10.0 Å². The summed E-state index contributed by atoms with van der Waals surface area (Å²) in [7, 11) is 0.656. The Morgan fingerprint density at radius 2 is 1.71 bits per heavy atom. The van der Waals surface area contributed by atoms with E-state index in [4.69, 9.17) is 14.2 Å². The quantitative estimate of drug-likeness (QED) is 0.321. The highest BCUT2D eigenvalue weighted by Gasteiger charge is 2.32. The fourth-order valence-electron chi connectivity index (χ4n) is 4.04. The molecule has 1 aliphatic rings. The van der Waals surface area contributed by atoms with Gasteiger partial charge in [0.15, 0.2) is 12.9 Å². The van der Waals surface area contributed by atoms with Crippen LogP contribution >= 0.6 is 0 Å². The van der Waals surface area contributed by atoms with Crippen LogP contribution < -0.4 is 15.4 Å². The lowest BCUT2D eigenvalue weighted by Gasteiger charge is -2.34. The van der Waals surface area contributed by atoms with Crippen LogP contribution in [0.1, 0.15) is 18.4 Å². The number of nitrogens with one attached hydrogen (secondary N) is 2. The summed E-state index contributed by atoms with van der Waals surface area (Å²) in [6.07, 6.45) is 0.879. The summed E-state index contributed by atoms with van der Waals surface area (Å²) >= 11 is 0. The molecule has 0 saturated carbocycles. The molecule has 1 fully saturated rings. The zero-order valence-corrected chi connectivity index (χ0v) is 22.3. The summed E-state index contributed by atoms with van der Waals surface area (Å²) in [6.45, 7) is 0.253. The van der Waals surface area contributed by atoms with Gasteiger partial charge in [-0.3, -0.25) is 0 Å². The van der Waals surface area contributed by atoms with Crippen LogP contribution in [0.2, 0.25) is 0 Å². The molecule has 0 radical (unpaired) electrons. The van der Waals surface area contributed by atoms with Crippen molar-refractivity contribution < 1.29 is 41.3 Å². The SMILES string of the molecule is COC(=O)COc1ccc(CNC(=O)Nc2ccc(S(=O)(=O)N3CCC(C(OC)OC)CC3)cc2)c(F)c1. The second kappa shape index (κ2) is 13.5. The van der Waals surface area contributed by atoms with Gasteiger partial charge in [-0.15, -0.1) is 0 Å². The molecule has 2 aromatic rings. The van der Waals surface area contributed by atoms with Gasteiger partial charge in [-0.05, 0) is 43.2 Å². The lowest BCUT2D eigenvalue weighted by molar-refractivity contribution is -0.144. The van der Waals surface area contributed by atoms with Gasteiger partial charge in [-0.25, -0.2) is 22.4 Å². The first-order valence-electron chi connectivity index (χ1n) is 11.9. The Balaban J connectivity index is 1.51. The predicted molar refractivity (Wildman–Crippen MR) is 136 cm³/mol. The number of hydrogen-bond acceptors (Lipinski definition) is 8. The molecule has 0 atom stereocenters. The van der Waals surface area contributed by atoms with Crippen molar-refractivity contribution >= 4 is 27.7 Å². The van der Waals surface area contributed by atoms with Crippen LogP contribution in [0.5, 0.6) is 5.75 Å². The minimum Gasteiger partial charge on any atom is -0.482 e. The monoisotopic (exact) mass is 553 g/mol. The summed E-state index contributed by atoms with van der Waals surface area (Å²) in [5.74, 6) is -0.949. The molecule has 0 spiro atoms. The Bertz CT molecular complexity index is 1200. The van der Waals surface area contributed by atoms with E-state index in [2.05, 4.69) is 15.4 Å². The van der Waals surface area contributed by atoms with E-state index in [1.807, 2.05) is 0 Å². The van der Waals surface area contributed by atoms with Crippen molar-refractivity contribution in [1.29, 1.82) is 0 Å². The molecule has 1 heterocycles. The van der Waals surface area contributed by atoms with Crippen molar-refractivity contribution in [3.63, 3.8) is 0 Å². The van der Waals surface area contributed by atoms with Gasteiger partial charge >= 0.3 is 12.0 Å². The van der Waals surface area contributed by atoms with E-state index >= 15 is 0 Å². The van der Waals surface area contributed by atoms with E-state index in [1.165, 1.54) is 47.8 Å². The number of ether oxygens (including phenoxy) is 4. The molecule has 11 nitrogen and oxygen atoms in total. The zero-order chi connectivity index (χ0) is 27.7. The number of halogens is 1. The molecule has 13 heteroatoms. The Morgan fingerprint density at radius 3 is 2.29 bits per heavy atom. The Labute approximate surface area is 221 Å². The largest absolute Gasteiger partial charge is 0.482 e. The molecule has 0 bridgehead atoms. The topological polar surface area (TPSA) is 132 Å². The Kier molecular flexibility index (Phi) is 10.4. The van der Waals surface area contributed by atoms with Crippen LogP contribution in [0.15, 0.2) is 47.4 Å². The number of piperidine rings is 1. The lowest BCUT2D eigenvalue weighted by atomic mass is 9.97. The molecule has 2 amide bonds. The van der Waals surface area contributed by atoms with Crippen LogP contribution in [-0.4, -0.2) is 72.0 Å². The summed E-state index contributed by atoms with van der Waals surface area (Å²) in [6, 6.07) is 9.23. The summed E-state index contributed by atoms with van der Waals surface area (Å²) in [4.78, 5) is 23.5. The summed E-state index contributed by atoms with van der Waals surface area (Å²) in [5, 5.41) is 5.12. The van der Waals surface area contributed by atoms with Crippen molar-refractivity contribution in [2.45, 2.75) is 30.6 Å². The maximum Gasteiger partial charge on any atom is 0.343 e. The molecule has 0 aliphatic carbocycles. The van der Waals surface area contributed by atoms with Gasteiger partial charge in [0.1, 0.15) is 11.6 Å². The third-order valence-corrected chi connectivity index (χ3v) is 8.06. The van der Waals surface area contributed by atoms with Gasteiger partial charge in [-0.1, -0.05) is 6.07 Å². The number of carbonyl (C=O) groups excluding carboxylic acids is 2. The number of nitrogens with zero attached hydrogens (tertiary/aromatic N) is 1. The normalized spacial score (nSPS) is 14.8. The van der Waals surface area contributed by atoms with Crippen LogP contribution in [0.25, 0.3) is 0 Å². The number of carbonyl (C=O) groups is 2. The molecular weight excluding hydrogens is 521 g/mol. The smallest absolute Gasteiger partial charge is 0.343 e. The average Bonchev–Trinajstić information content (AvgIpc) is 2.92. The number of sulfonamides is 1. The second-order valence-corrected chi connectivity index (χ2v) is 10.5. The van der Waals surface area contributed by atoms with Crippen molar-refractivity contribution in [3.05, 3.63) is 53.8 Å². The van der Waals surface area contributed by atoms with Crippen LogP contribution in [-0.2, 0) is 35.6 Å². The van der Waals surface area contributed by atoms with E-state index in [1.54, 1.807) is 14.2 Å². The standard InChI is InChI=1S/C25H32FN3O8S/c1-34-23(30)16-37-20-7-4-18(22(26)14-20)15-27-25(31)28-19-5-8-21(9-6-19)38(32,33)29-12-10-17(11-13-29)24(35-2)36-3/h4-9,14,17,24H,10-13,15-16H2,1-3H3,(H2,27,28,31). The third-order valence-electron chi connectivity index (χ3n) is 6.15. The van der Waals surface area contributed by atoms with E-state index < -0.39 is 27.8 Å². The first-order valence-corrected chi connectivity index (χ1v) is 13.3. The molecule has 1 aliphatic heterocycles. The molecule has 1 saturated heterocycles. The fourth-order valence-corrected chi connectivity index (χ4v) is 5.51. The number of urea groups is 1.